The van der Waals surface area contributed by atoms with E-state index >= 15 is 0 Å². The Labute approximate surface area is 79.0 Å². The van der Waals surface area contributed by atoms with Gasteiger partial charge in [0.1, 0.15) is 0 Å². The molecule has 0 atom stereocenters. The van der Waals surface area contributed by atoms with Crippen molar-refractivity contribution in [2.45, 2.75) is 0 Å². The Morgan fingerprint density at radius 3 is 2.83 bits per heavy atom. The Hall–Kier alpha value is -1.05. The Balaban J connectivity index is 2.79. The summed E-state index contributed by atoms with van der Waals surface area (Å²) in [5.41, 5.74) is 2.08. The first-order valence-electron chi connectivity index (χ1n) is 3.64. The van der Waals surface area contributed by atoms with E-state index in [1.165, 1.54) is 0 Å². The van der Waals surface area contributed by atoms with Gasteiger partial charge in [-0.25, -0.2) is 0 Å². The van der Waals surface area contributed by atoms with Gasteiger partial charge in [0.15, 0.2) is 0 Å². The molecule has 3 heteroatoms. The van der Waals surface area contributed by atoms with Gasteiger partial charge in [0.05, 0.1) is 0 Å². The number of benzene rings is 1. The Bertz CT molecular complexity index is 395. The third-order valence-corrected chi connectivity index (χ3v) is 2.22. The van der Waals surface area contributed by atoms with Gasteiger partial charge in [-0.05, 0) is 0 Å². The Morgan fingerprint density at radius 1 is 1.17 bits per heavy atom. The zero-order chi connectivity index (χ0) is 8.39. The number of rotatable bonds is 1. The molecule has 1 aromatic carbocycles. The van der Waals surface area contributed by atoms with E-state index in [0.717, 1.165) is 16.6 Å². The second-order valence-corrected chi connectivity index (χ2v) is 2.91. The summed E-state index contributed by atoms with van der Waals surface area (Å²) in [6.07, 6.45) is 1.79. The first-order valence-corrected chi connectivity index (χ1v) is 4.49. The molecule has 1 radical (unpaired) electrons. The Kier molecular flexibility index (Phi) is 1.98. The summed E-state index contributed by atoms with van der Waals surface area (Å²) < 4.78 is 3.00. The zero-order valence-electron chi connectivity index (χ0n) is 6.32. The van der Waals surface area contributed by atoms with Crippen LogP contribution in [0.25, 0.3) is 10.9 Å². The first-order chi connectivity index (χ1) is 5.92. The normalized spacial score (nSPS) is 10.1. The van der Waals surface area contributed by atoms with E-state index in [2.05, 4.69) is 25.5 Å². The zero-order valence-corrected chi connectivity index (χ0v) is 8.03. The van der Waals surface area contributed by atoms with Crippen LogP contribution in [0.2, 0.25) is 0 Å². The molecule has 2 aromatic rings. The summed E-state index contributed by atoms with van der Waals surface area (Å²) in [7, 11) is 0. The van der Waals surface area contributed by atoms with Crippen molar-refractivity contribution < 1.29 is 0 Å². The number of aromatic nitrogens is 1. The molecule has 0 spiro atoms. The third kappa shape index (κ3) is 1.17. The van der Waals surface area contributed by atoms with E-state index in [0.29, 0.717) is 0 Å². The molecule has 12 heavy (non-hydrogen) atoms. The molecule has 1 aromatic heterocycles. The number of para-hydroxylation sites is 1. The van der Waals surface area contributed by atoms with Gasteiger partial charge in [-0.1, -0.05) is 0 Å². The Morgan fingerprint density at radius 2 is 2.00 bits per heavy atom. The van der Waals surface area contributed by atoms with Gasteiger partial charge in [0.25, 0.3) is 0 Å². The van der Waals surface area contributed by atoms with Gasteiger partial charge >= 0.3 is 78.7 Å². The maximum atomic E-state index is 4.24. The molecule has 59 valence electrons. The minimum atomic E-state index is 1.01. The van der Waals surface area contributed by atoms with Crippen LogP contribution in [-0.2, 0) is 0 Å². The number of nitrogens with zero attached hydrogens (tertiary/aromatic N) is 1. The molecule has 0 saturated carbocycles. The predicted molar refractivity (Wildman–Crippen MR) is 51.1 cm³/mol. The van der Waals surface area contributed by atoms with Crippen molar-refractivity contribution in [1.82, 2.24) is 4.98 Å². The van der Waals surface area contributed by atoms with Crippen LogP contribution in [0.1, 0.15) is 0 Å². The van der Waals surface area contributed by atoms with Crippen molar-refractivity contribution in [2.75, 3.05) is 4.33 Å². The molecular weight excluding hydrogens is 215 g/mol. The predicted octanol–water partition coefficient (Wildman–Crippen LogP) is 1.73. The van der Waals surface area contributed by atoms with Crippen molar-refractivity contribution in [3.63, 3.8) is 0 Å². The molecule has 0 saturated heterocycles. The van der Waals surface area contributed by atoms with Crippen molar-refractivity contribution in [3.05, 3.63) is 36.5 Å². The molecule has 1 heterocycles. The van der Waals surface area contributed by atoms with E-state index in [1.807, 2.05) is 30.3 Å². The van der Waals surface area contributed by atoms with Crippen LogP contribution in [0.15, 0.2) is 36.5 Å². The number of hydrogen-bond acceptors (Lipinski definition) is 2. The van der Waals surface area contributed by atoms with Crippen LogP contribution in [-0.4, -0.2) is 21.2 Å². The van der Waals surface area contributed by atoms with E-state index in [-0.39, 0.29) is 0 Å². The number of nitrogens with one attached hydrogen (secondary N) is 1. The van der Waals surface area contributed by atoms with Gasteiger partial charge < -0.3 is 0 Å². The van der Waals surface area contributed by atoms with Crippen LogP contribution in [0.3, 0.4) is 0 Å². The van der Waals surface area contributed by atoms with Crippen molar-refractivity contribution in [1.29, 1.82) is 0 Å². The van der Waals surface area contributed by atoms with Crippen LogP contribution in [0, 0.1) is 0 Å². The number of fused-ring (bicyclic) bond motifs is 1. The van der Waals surface area contributed by atoms with Gasteiger partial charge in [0.2, 0.25) is 0 Å². The number of pyridine rings is 1. The third-order valence-electron chi connectivity index (χ3n) is 1.76. The van der Waals surface area contributed by atoms with Crippen LogP contribution in [0.4, 0.5) is 5.69 Å². The summed E-state index contributed by atoms with van der Waals surface area (Å²) >= 11 is 2.77. The fourth-order valence-corrected chi connectivity index (χ4v) is 1.56. The molecule has 0 amide bonds. The van der Waals surface area contributed by atoms with Crippen LogP contribution in [0.5, 0.6) is 0 Å². The minimum absolute atomic E-state index is 1.01. The molecule has 1 N–H and O–H groups in total. The maximum absolute atomic E-state index is 4.24. The first kappa shape index (κ1) is 7.59. The van der Waals surface area contributed by atoms with Gasteiger partial charge in [0, 0.05) is 0 Å². The summed E-state index contributed by atoms with van der Waals surface area (Å²) in [6, 6.07) is 9.97. The fourth-order valence-electron chi connectivity index (χ4n) is 1.18. The SMILES string of the molecule is [Se]Nc1ccnc2ccccc12. The molecule has 0 unspecified atom stereocenters. The molecule has 0 aliphatic rings. The summed E-state index contributed by atoms with van der Waals surface area (Å²) in [5, 5.41) is 1.14. The van der Waals surface area contributed by atoms with Gasteiger partial charge in [-0.3, -0.25) is 0 Å². The molecule has 0 aliphatic carbocycles. The fraction of sp³-hybridized carbons (Fsp3) is 0. The molecule has 0 fully saturated rings. The second kappa shape index (κ2) is 3.13. The van der Waals surface area contributed by atoms with Crippen molar-refractivity contribution in [3.8, 4) is 0 Å². The topological polar surface area (TPSA) is 24.9 Å². The van der Waals surface area contributed by atoms with Crippen molar-refractivity contribution in [2.24, 2.45) is 0 Å². The molecule has 0 aliphatic heterocycles. The van der Waals surface area contributed by atoms with E-state index in [9.17, 15) is 0 Å². The average Bonchev–Trinajstić information content (AvgIpc) is 2.17. The quantitative estimate of drug-likeness (QED) is 0.743. The standard InChI is InChI=1S/C9H7N2Se/c12-11-9-5-6-10-8-4-2-1-3-7(8)9/h1-6H,(H,10,11). The van der Waals surface area contributed by atoms with E-state index in [4.69, 9.17) is 0 Å². The average molecular weight is 222 g/mol. The number of hydrogen-bond donors (Lipinski definition) is 1. The van der Waals surface area contributed by atoms with Gasteiger partial charge in [-0.15, -0.1) is 0 Å². The van der Waals surface area contributed by atoms with E-state index < -0.39 is 0 Å². The van der Waals surface area contributed by atoms with Crippen molar-refractivity contribution >= 4 is 32.8 Å². The second-order valence-electron chi connectivity index (χ2n) is 2.48. The molecular formula is C9H7N2Se. The van der Waals surface area contributed by atoms with Gasteiger partial charge in [-0.2, -0.15) is 0 Å². The molecule has 0 bridgehead atoms. The summed E-state index contributed by atoms with van der Waals surface area (Å²) in [6.45, 7) is 0. The van der Waals surface area contributed by atoms with Crippen LogP contribution >= 0.6 is 0 Å². The summed E-state index contributed by atoms with van der Waals surface area (Å²) in [4.78, 5) is 4.24. The van der Waals surface area contributed by atoms with Crippen LogP contribution < -0.4 is 4.33 Å². The number of anilines is 1. The molecule has 2 rings (SSSR count). The van der Waals surface area contributed by atoms with E-state index in [1.54, 1.807) is 6.20 Å². The summed E-state index contributed by atoms with van der Waals surface area (Å²) in [5.74, 6) is 0. The molecule has 2 nitrogen and oxygen atoms in total. The monoisotopic (exact) mass is 223 g/mol.